The molecule has 3 heteroatoms. The van der Waals surface area contributed by atoms with Crippen molar-refractivity contribution >= 4 is 11.6 Å². The molecule has 1 atom stereocenters. The minimum Gasteiger partial charge on any atom is -0.492 e. The van der Waals surface area contributed by atoms with Gasteiger partial charge in [-0.15, -0.1) is 0 Å². The van der Waals surface area contributed by atoms with Crippen molar-refractivity contribution in [2.45, 2.75) is 39.5 Å². The van der Waals surface area contributed by atoms with Gasteiger partial charge < -0.3 is 10.5 Å². The van der Waals surface area contributed by atoms with Crippen LogP contribution >= 0.6 is 11.6 Å². The molecular weight excluding hydrogens is 306 g/mol. The summed E-state index contributed by atoms with van der Waals surface area (Å²) >= 11 is 6.33. The van der Waals surface area contributed by atoms with Crippen LogP contribution in [-0.2, 0) is 6.42 Å². The molecule has 0 saturated heterocycles. The van der Waals surface area contributed by atoms with Gasteiger partial charge in [-0.05, 0) is 62.1 Å². The lowest BCUT2D eigenvalue weighted by Gasteiger charge is -2.19. The van der Waals surface area contributed by atoms with Gasteiger partial charge in [-0.2, -0.15) is 0 Å². The van der Waals surface area contributed by atoms with E-state index in [2.05, 4.69) is 45.0 Å². The highest BCUT2D eigenvalue weighted by Crippen LogP contribution is 2.29. The molecule has 124 valence electrons. The number of hydrogen-bond donors (Lipinski definition) is 1. The van der Waals surface area contributed by atoms with E-state index in [1.54, 1.807) is 0 Å². The Bertz CT molecular complexity index is 654. The largest absolute Gasteiger partial charge is 0.492 e. The van der Waals surface area contributed by atoms with E-state index < -0.39 is 0 Å². The van der Waals surface area contributed by atoms with Gasteiger partial charge in [0.2, 0.25) is 0 Å². The predicted octanol–water partition coefficient (Wildman–Crippen LogP) is 5.03. The maximum Gasteiger partial charge on any atom is 0.137 e. The van der Waals surface area contributed by atoms with E-state index >= 15 is 0 Å². The van der Waals surface area contributed by atoms with Gasteiger partial charge in [0.15, 0.2) is 0 Å². The third kappa shape index (κ3) is 4.73. The Kier molecular flexibility index (Phi) is 6.49. The third-order valence-corrected chi connectivity index (χ3v) is 4.39. The van der Waals surface area contributed by atoms with Crippen molar-refractivity contribution in [2.75, 3.05) is 13.2 Å². The first kappa shape index (κ1) is 17.8. The number of rotatable bonds is 7. The fourth-order valence-electron chi connectivity index (χ4n) is 2.89. The Balaban J connectivity index is 2.17. The molecule has 0 aliphatic heterocycles. The predicted molar refractivity (Wildman–Crippen MR) is 98.7 cm³/mol. The van der Waals surface area contributed by atoms with Crippen molar-refractivity contribution in [1.29, 1.82) is 0 Å². The molecule has 0 amide bonds. The summed E-state index contributed by atoms with van der Waals surface area (Å²) in [6.07, 6.45) is 1.86. The molecule has 0 bridgehead atoms. The Morgan fingerprint density at radius 3 is 2.52 bits per heavy atom. The van der Waals surface area contributed by atoms with Crippen LogP contribution in [0, 0.1) is 13.8 Å². The SMILES string of the molecule is CCCOc1ccc(CC(CN)c2ccc(C)cc2C)cc1Cl. The molecule has 2 rings (SSSR count). The molecular formula is C20H26ClNO. The number of ether oxygens (including phenoxy) is 1. The molecule has 23 heavy (non-hydrogen) atoms. The van der Waals surface area contributed by atoms with Gasteiger partial charge in [0, 0.05) is 5.92 Å². The smallest absolute Gasteiger partial charge is 0.137 e. The molecule has 0 aliphatic rings. The van der Waals surface area contributed by atoms with E-state index in [0.717, 1.165) is 18.6 Å². The van der Waals surface area contributed by atoms with Gasteiger partial charge in [-0.25, -0.2) is 0 Å². The van der Waals surface area contributed by atoms with Gasteiger partial charge in [0.1, 0.15) is 5.75 Å². The lowest BCUT2D eigenvalue weighted by molar-refractivity contribution is 0.317. The summed E-state index contributed by atoms with van der Waals surface area (Å²) in [5.41, 5.74) is 11.1. The Morgan fingerprint density at radius 1 is 1.13 bits per heavy atom. The van der Waals surface area contributed by atoms with Crippen molar-refractivity contribution in [3.05, 3.63) is 63.7 Å². The van der Waals surface area contributed by atoms with Crippen molar-refractivity contribution in [3.63, 3.8) is 0 Å². The van der Waals surface area contributed by atoms with Gasteiger partial charge in [0.05, 0.1) is 11.6 Å². The van der Waals surface area contributed by atoms with Crippen LogP contribution in [0.5, 0.6) is 5.75 Å². The van der Waals surface area contributed by atoms with Crippen LogP contribution in [0.3, 0.4) is 0 Å². The summed E-state index contributed by atoms with van der Waals surface area (Å²) in [6, 6.07) is 12.6. The summed E-state index contributed by atoms with van der Waals surface area (Å²) in [4.78, 5) is 0. The Hall–Kier alpha value is -1.51. The summed E-state index contributed by atoms with van der Waals surface area (Å²) in [7, 11) is 0. The van der Waals surface area contributed by atoms with E-state index in [9.17, 15) is 0 Å². The van der Waals surface area contributed by atoms with Gasteiger partial charge in [0.25, 0.3) is 0 Å². The highest BCUT2D eigenvalue weighted by atomic mass is 35.5. The molecule has 0 saturated carbocycles. The summed E-state index contributed by atoms with van der Waals surface area (Å²) in [5, 5.41) is 0.673. The molecule has 0 radical (unpaired) electrons. The second kappa shape index (κ2) is 8.37. The zero-order chi connectivity index (χ0) is 16.8. The first-order valence-electron chi connectivity index (χ1n) is 8.23. The van der Waals surface area contributed by atoms with Crippen LogP contribution in [0.15, 0.2) is 36.4 Å². The minimum absolute atomic E-state index is 0.300. The second-order valence-electron chi connectivity index (χ2n) is 6.11. The highest BCUT2D eigenvalue weighted by Gasteiger charge is 2.14. The maximum absolute atomic E-state index is 6.33. The van der Waals surface area contributed by atoms with E-state index in [4.69, 9.17) is 22.1 Å². The number of aryl methyl sites for hydroxylation is 2. The lowest BCUT2D eigenvalue weighted by atomic mass is 9.88. The second-order valence-corrected chi connectivity index (χ2v) is 6.52. The Morgan fingerprint density at radius 2 is 1.91 bits per heavy atom. The molecule has 2 N–H and O–H groups in total. The van der Waals surface area contributed by atoms with E-state index in [0.29, 0.717) is 24.1 Å². The van der Waals surface area contributed by atoms with E-state index in [-0.39, 0.29) is 0 Å². The van der Waals surface area contributed by atoms with Crippen molar-refractivity contribution < 1.29 is 4.74 Å². The lowest BCUT2D eigenvalue weighted by Crippen LogP contribution is -2.16. The average molecular weight is 332 g/mol. The quantitative estimate of drug-likeness (QED) is 0.772. The van der Waals surface area contributed by atoms with Gasteiger partial charge in [-0.1, -0.05) is 48.4 Å². The van der Waals surface area contributed by atoms with Crippen LogP contribution in [0.4, 0.5) is 0 Å². The highest BCUT2D eigenvalue weighted by molar-refractivity contribution is 6.32. The molecule has 0 aliphatic carbocycles. The Labute approximate surface area is 144 Å². The van der Waals surface area contributed by atoms with Gasteiger partial charge in [-0.3, -0.25) is 0 Å². The van der Waals surface area contributed by atoms with Crippen LogP contribution in [0.1, 0.15) is 41.5 Å². The minimum atomic E-state index is 0.300. The van der Waals surface area contributed by atoms with E-state index in [1.165, 1.54) is 22.3 Å². The number of halogens is 1. The summed E-state index contributed by atoms with van der Waals surface area (Å²) < 4.78 is 5.63. The van der Waals surface area contributed by atoms with Crippen molar-refractivity contribution in [2.24, 2.45) is 5.73 Å². The number of nitrogens with two attached hydrogens (primary N) is 1. The topological polar surface area (TPSA) is 35.2 Å². The fourth-order valence-corrected chi connectivity index (χ4v) is 3.15. The van der Waals surface area contributed by atoms with Crippen LogP contribution in [0.2, 0.25) is 5.02 Å². The monoisotopic (exact) mass is 331 g/mol. The molecule has 0 spiro atoms. The molecule has 0 heterocycles. The van der Waals surface area contributed by atoms with Crippen LogP contribution < -0.4 is 10.5 Å². The molecule has 0 aromatic heterocycles. The van der Waals surface area contributed by atoms with Crippen LogP contribution in [0.25, 0.3) is 0 Å². The van der Waals surface area contributed by atoms with Crippen LogP contribution in [-0.4, -0.2) is 13.2 Å². The van der Waals surface area contributed by atoms with E-state index in [1.807, 2.05) is 12.1 Å². The summed E-state index contributed by atoms with van der Waals surface area (Å²) in [5.74, 6) is 1.06. The normalized spacial score (nSPS) is 12.2. The first-order valence-corrected chi connectivity index (χ1v) is 8.61. The first-order chi connectivity index (χ1) is 11.0. The summed E-state index contributed by atoms with van der Waals surface area (Å²) in [6.45, 7) is 7.66. The molecule has 0 fully saturated rings. The molecule has 2 aromatic carbocycles. The molecule has 2 nitrogen and oxygen atoms in total. The fraction of sp³-hybridized carbons (Fsp3) is 0.400. The van der Waals surface area contributed by atoms with Crippen molar-refractivity contribution in [3.8, 4) is 5.75 Å². The molecule has 1 unspecified atom stereocenters. The number of hydrogen-bond acceptors (Lipinski definition) is 2. The zero-order valence-electron chi connectivity index (χ0n) is 14.2. The standard InChI is InChI=1S/C20H26ClNO/c1-4-9-23-20-8-6-16(12-19(20)21)11-17(13-22)18-7-5-14(2)10-15(18)3/h5-8,10,12,17H,4,9,11,13,22H2,1-3H3. The third-order valence-electron chi connectivity index (χ3n) is 4.09. The van der Waals surface area contributed by atoms with Crippen molar-refractivity contribution in [1.82, 2.24) is 0 Å². The average Bonchev–Trinajstić information content (AvgIpc) is 2.52. The maximum atomic E-state index is 6.33. The van der Waals surface area contributed by atoms with Gasteiger partial charge >= 0.3 is 0 Å². The molecule has 2 aromatic rings. The zero-order valence-corrected chi connectivity index (χ0v) is 15.0. The number of benzene rings is 2.